The van der Waals surface area contributed by atoms with Gasteiger partial charge in [0.2, 0.25) is 0 Å². The molecule has 0 aliphatic heterocycles. The first kappa shape index (κ1) is 35.7. The lowest BCUT2D eigenvalue weighted by molar-refractivity contribution is 0.768. The summed E-state index contributed by atoms with van der Waals surface area (Å²) in [5.74, 6) is 0. The summed E-state index contributed by atoms with van der Waals surface area (Å²) in [6.45, 7) is 0. The van der Waals surface area contributed by atoms with E-state index in [1.165, 1.54) is 89.0 Å². The summed E-state index contributed by atoms with van der Waals surface area (Å²) in [4.78, 5) is 2.54. The molecule has 3 aliphatic rings. The van der Waals surface area contributed by atoms with Crippen LogP contribution in [0.15, 0.2) is 249 Å². The van der Waals surface area contributed by atoms with Crippen LogP contribution in [0, 0.1) is 0 Å². The van der Waals surface area contributed by atoms with Crippen LogP contribution in [-0.2, 0) is 10.8 Å². The van der Waals surface area contributed by atoms with Crippen molar-refractivity contribution < 1.29 is 0 Å². The van der Waals surface area contributed by atoms with Crippen molar-refractivity contribution in [2.24, 2.45) is 0 Å². The monoisotopic (exact) mass is 799 g/mol. The molecule has 3 aliphatic carbocycles. The molecule has 13 rings (SSSR count). The van der Waals surface area contributed by atoms with Crippen molar-refractivity contribution in [1.82, 2.24) is 0 Å². The van der Waals surface area contributed by atoms with E-state index >= 15 is 0 Å². The summed E-state index contributed by atoms with van der Waals surface area (Å²) in [7, 11) is 0. The Hall–Kier alpha value is -8.00. The number of benzene rings is 10. The molecule has 0 heterocycles. The molecule has 63 heavy (non-hydrogen) atoms. The van der Waals surface area contributed by atoms with Gasteiger partial charge in [-0.1, -0.05) is 218 Å². The van der Waals surface area contributed by atoms with Crippen molar-refractivity contribution in [3.8, 4) is 44.5 Å². The number of rotatable bonds is 6. The Labute approximate surface area is 368 Å². The minimum absolute atomic E-state index is 0.456. The van der Waals surface area contributed by atoms with E-state index in [0.717, 1.165) is 17.1 Å². The second-order valence-corrected chi connectivity index (χ2v) is 17.1. The Morgan fingerprint density at radius 1 is 0.254 bits per heavy atom. The number of anilines is 3. The average molecular weight is 800 g/mol. The van der Waals surface area contributed by atoms with Crippen molar-refractivity contribution in [1.29, 1.82) is 0 Å². The van der Waals surface area contributed by atoms with Crippen LogP contribution in [0.1, 0.15) is 44.5 Å². The van der Waals surface area contributed by atoms with E-state index in [0.29, 0.717) is 0 Å². The average Bonchev–Trinajstić information content (AvgIpc) is 3.95. The summed E-state index contributed by atoms with van der Waals surface area (Å²) < 4.78 is 0. The summed E-state index contributed by atoms with van der Waals surface area (Å²) >= 11 is 0. The highest BCUT2D eigenvalue weighted by Gasteiger charge is 2.52. The van der Waals surface area contributed by atoms with Crippen LogP contribution in [0.5, 0.6) is 0 Å². The third kappa shape index (κ3) is 4.88. The normalized spacial score (nSPS) is 14.0. The molecule has 294 valence electrons. The standard InChI is InChI=1S/C62H41N/c1-4-20-42(21-5-1)43-22-18-27-46(40-43)63(47-38-39-51-50-30-10-14-32-53(50)61(58(51)41-47,44-23-6-2-7-24-44)45-25-8-3-9-26-45)59-37-19-36-57-60(59)52-31-13-17-35-56(52)62(57)54-33-15-11-28-48(54)49-29-12-16-34-55(49)62/h1-41H. The Morgan fingerprint density at radius 2 is 0.683 bits per heavy atom. The lowest BCUT2D eigenvalue weighted by atomic mass is 9.67. The molecule has 10 aromatic carbocycles. The summed E-state index contributed by atoms with van der Waals surface area (Å²) in [5, 5.41) is 0. The third-order valence-electron chi connectivity index (χ3n) is 14.2. The fraction of sp³-hybridized carbons (Fsp3) is 0.0323. The van der Waals surface area contributed by atoms with E-state index in [1.807, 2.05) is 0 Å². The van der Waals surface area contributed by atoms with E-state index in [2.05, 4.69) is 254 Å². The zero-order valence-electron chi connectivity index (χ0n) is 34.6. The van der Waals surface area contributed by atoms with Crippen molar-refractivity contribution in [2.75, 3.05) is 4.90 Å². The third-order valence-corrected chi connectivity index (χ3v) is 14.2. The van der Waals surface area contributed by atoms with Crippen LogP contribution in [-0.4, -0.2) is 0 Å². The van der Waals surface area contributed by atoms with Crippen LogP contribution < -0.4 is 4.90 Å². The molecule has 1 nitrogen and oxygen atoms in total. The molecular weight excluding hydrogens is 759 g/mol. The van der Waals surface area contributed by atoms with Crippen molar-refractivity contribution in [2.45, 2.75) is 10.8 Å². The Kier molecular flexibility index (Phi) is 7.80. The Morgan fingerprint density at radius 3 is 1.29 bits per heavy atom. The van der Waals surface area contributed by atoms with Gasteiger partial charge in [-0.05, 0) is 114 Å². The molecule has 0 fully saturated rings. The zero-order chi connectivity index (χ0) is 41.5. The second kappa shape index (κ2) is 13.8. The predicted octanol–water partition coefficient (Wildman–Crippen LogP) is 15.5. The molecule has 0 saturated carbocycles. The van der Waals surface area contributed by atoms with Crippen molar-refractivity contribution in [3.63, 3.8) is 0 Å². The topological polar surface area (TPSA) is 3.24 Å². The Bertz CT molecular complexity index is 3320. The first-order chi connectivity index (χ1) is 31.3. The first-order valence-electron chi connectivity index (χ1n) is 22.0. The van der Waals surface area contributed by atoms with Gasteiger partial charge in [-0.2, -0.15) is 0 Å². The van der Waals surface area contributed by atoms with Gasteiger partial charge in [0.15, 0.2) is 0 Å². The maximum absolute atomic E-state index is 2.54. The minimum Gasteiger partial charge on any atom is -0.310 e. The van der Waals surface area contributed by atoms with Gasteiger partial charge >= 0.3 is 0 Å². The number of hydrogen-bond acceptors (Lipinski definition) is 1. The number of nitrogens with zero attached hydrogens (tertiary/aromatic N) is 1. The quantitative estimate of drug-likeness (QED) is 0.162. The second-order valence-electron chi connectivity index (χ2n) is 17.1. The molecule has 0 bridgehead atoms. The fourth-order valence-corrected chi connectivity index (χ4v) is 11.8. The number of hydrogen-bond donors (Lipinski definition) is 0. The van der Waals surface area contributed by atoms with Gasteiger partial charge in [0, 0.05) is 16.9 Å². The molecule has 0 unspecified atom stereocenters. The largest absolute Gasteiger partial charge is 0.310 e. The molecule has 10 aromatic rings. The highest BCUT2D eigenvalue weighted by molar-refractivity contribution is 6.02. The molecule has 0 amide bonds. The maximum atomic E-state index is 2.54. The van der Waals surface area contributed by atoms with Crippen LogP contribution in [0.25, 0.3) is 44.5 Å². The van der Waals surface area contributed by atoms with Gasteiger partial charge in [-0.3, -0.25) is 0 Å². The summed E-state index contributed by atoms with van der Waals surface area (Å²) in [5.41, 5.74) is 22.9. The van der Waals surface area contributed by atoms with Gasteiger partial charge in [-0.25, -0.2) is 0 Å². The van der Waals surface area contributed by atoms with Gasteiger partial charge in [-0.15, -0.1) is 0 Å². The van der Waals surface area contributed by atoms with E-state index in [4.69, 9.17) is 0 Å². The van der Waals surface area contributed by atoms with Crippen LogP contribution in [0.4, 0.5) is 17.1 Å². The van der Waals surface area contributed by atoms with Crippen LogP contribution >= 0.6 is 0 Å². The lowest BCUT2D eigenvalue weighted by Gasteiger charge is -2.35. The SMILES string of the molecule is c1ccc(-c2cccc(N(c3ccc4c(c3)C(c3ccccc3)(c3ccccc3)c3ccccc3-4)c3cccc4c3-c3ccccc3C43c4ccccc4-c4ccccc43)c2)cc1. The number of fused-ring (bicyclic) bond motifs is 13. The highest BCUT2D eigenvalue weighted by Crippen LogP contribution is 2.65. The fourth-order valence-electron chi connectivity index (χ4n) is 11.8. The van der Waals surface area contributed by atoms with E-state index in [1.54, 1.807) is 0 Å². The summed E-state index contributed by atoms with van der Waals surface area (Å²) in [6.07, 6.45) is 0. The lowest BCUT2D eigenvalue weighted by Crippen LogP contribution is -2.28. The zero-order valence-corrected chi connectivity index (χ0v) is 34.6. The van der Waals surface area contributed by atoms with E-state index < -0.39 is 10.8 Å². The predicted molar refractivity (Wildman–Crippen MR) is 260 cm³/mol. The molecule has 0 saturated heterocycles. The van der Waals surface area contributed by atoms with Crippen LogP contribution in [0.3, 0.4) is 0 Å². The molecule has 0 N–H and O–H groups in total. The molecular formula is C62H41N. The molecule has 1 spiro atoms. The van der Waals surface area contributed by atoms with Gasteiger partial charge in [0.05, 0.1) is 16.5 Å². The first-order valence-corrected chi connectivity index (χ1v) is 22.0. The minimum atomic E-state index is -0.533. The van der Waals surface area contributed by atoms with Gasteiger partial charge in [0.1, 0.15) is 0 Å². The van der Waals surface area contributed by atoms with Crippen molar-refractivity contribution in [3.05, 3.63) is 293 Å². The smallest absolute Gasteiger partial charge is 0.0726 e. The molecule has 0 radical (unpaired) electrons. The van der Waals surface area contributed by atoms with Crippen molar-refractivity contribution >= 4 is 17.1 Å². The van der Waals surface area contributed by atoms with Crippen LogP contribution in [0.2, 0.25) is 0 Å². The van der Waals surface area contributed by atoms with Gasteiger partial charge < -0.3 is 4.90 Å². The summed E-state index contributed by atoms with van der Waals surface area (Å²) in [6, 6.07) is 92.7. The molecule has 1 heteroatoms. The highest BCUT2D eigenvalue weighted by atomic mass is 15.1. The molecule has 0 aromatic heterocycles. The Balaban J connectivity index is 1.12. The van der Waals surface area contributed by atoms with Gasteiger partial charge in [0.25, 0.3) is 0 Å². The maximum Gasteiger partial charge on any atom is 0.0726 e. The van der Waals surface area contributed by atoms with E-state index in [9.17, 15) is 0 Å². The van der Waals surface area contributed by atoms with E-state index in [-0.39, 0.29) is 0 Å². The molecule has 0 atom stereocenters.